The third kappa shape index (κ3) is 6.98. The standard InChI is InChI=1S/C26H28FN5O3/c1-17-12-21(27)23(32-25(34)30-9-6-26(2,3)16-28)15-20(17)19-13-22(18-4-7-29-8-5-18)31-24(14-19)35-11-10-33/h4-5,7-8,12-15,33H,6,9-11H2,1-3H3,(H2,30,32,34). The van der Waals surface area contributed by atoms with Crippen molar-refractivity contribution < 1.29 is 19.0 Å². The lowest BCUT2D eigenvalue weighted by molar-refractivity contribution is 0.197. The lowest BCUT2D eigenvalue weighted by Crippen LogP contribution is -2.32. The number of amides is 2. The van der Waals surface area contributed by atoms with Gasteiger partial charge in [-0.2, -0.15) is 5.26 Å². The van der Waals surface area contributed by atoms with Gasteiger partial charge in [-0.25, -0.2) is 14.2 Å². The molecule has 9 heteroatoms. The Morgan fingerprint density at radius 2 is 1.94 bits per heavy atom. The van der Waals surface area contributed by atoms with Crippen molar-refractivity contribution in [3.8, 4) is 34.3 Å². The van der Waals surface area contributed by atoms with E-state index in [2.05, 4.69) is 26.7 Å². The quantitative estimate of drug-likeness (QED) is 0.411. The number of pyridine rings is 2. The number of halogens is 1. The van der Waals surface area contributed by atoms with Crippen molar-refractivity contribution in [2.24, 2.45) is 5.41 Å². The Kier molecular flexibility index (Phi) is 8.34. The number of hydrogen-bond acceptors (Lipinski definition) is 6. The molecule has 0 aliphatic carbocycles. The predicted molar refractivity (Wildman–Crippen MR) is 131 cm³/mol. The van der Waals surface area contributed by atoms with Crippen LogP contribution in [0.2, 0.25) is 0 Å². The van der Waals surface area contributed by atoms with Gasteiger partial charge < -0.3 is 20.5 Å². The molecule has 0 saturated heterocycles. The van der Waals surface area contributed by atoms with E-state index in [4.69, 9.17) is 15.1 Å². The van der Waals surface area contributed by atoms with Crippen molar-refractivity contribution in [3.05, 3.63) is 60.2 Å². The molecular formula is C26H28FN5O3. The number of aromatic nitrogens is 2. The van der Waals surface area contributed by atoms with E-state index < -0.39 is 17.3 Å². The van der Waals surface area contributed by atoms with Crippen LogP contribution in [0.3, 0.4) is 0 Å². The van der Waals surface area contributed by atoms with Crippen molar-refractivity contribution in [1.82, 2.24) is 15.3 Å². The number of benzene rings is 1. The van der Waals surface area contributed by atoms with Gasteiger partial charge in [0.1, 0.15) is 12.4 Å². The molecule has 0 spiro atoms. The first-order valence-corrected chi connectivity index (χ1v) is 11.1. The van der Waals surface area contributed by atoms with Crippen LogP contribution in [0.5, 0.6) is 5.88 Å². The molecule has 3 rings (SSSR count). The maximum absolute atomic E-state index is 14.7. The van der Waals surface area contributed by atoms with E-state index in [1.807, 2.05) is 18.2 Å². The van der Waals surface area contributed by atoms with Crippen molar-refractivity contribution in [2.75, 3.05) is 25.1 Å². The maximum atomic E-state index is 14.7. The Morgan fingerprint density at radius 3 is 2.63 bits per heavy atom. The van der Waals surface area contributed by atoms with Crippen molar-refractivity contribution >= 4 is 11.7 Å². The number of hydrogen-bond donors (Lipinski definition) is 3. The SMILES string of the molecule is Cc1cc(F)c(NC(=O)NCCC(C)(C)C#N)cc1-c1cc(OCCO)nc(-c2ccncc2)c1. The van der Waals surface area contributed by atoms with Gasteiger partial charge in [0.05, 0.1) is 29.5 Å². The Hall–Kier alpha value is -4.03. The minimum atomic E-state index is -0.570. The molecule has 8 nitrogen and oxygen atoms in total. The van der Waals surface area contributed by atoms with Gasteiger partial charge in [0.2, 0.25) is 5.88 Å². The monoisotopic (exact) mass is 477 g/mol. The van der Waals surface area contributed by atoms with Crippen molar-refractivity contribution in [2.45, 2.75) is 27.2 Å². The van der Waals surface area contributed by atoms with E-state index in [-0.39, 0.29) is 25.4 Å². The van der Waals surface area contributed by atoms with E-state index in [0.29, 0.717) is 34.7 Å². The van der Waals surface area contributed by atoms with Crippen molar-refractivity contribution in [3.63, 3.8) is 0 Å². The summed E-state index contributed by atoms with van der Waals surface area (Å²) in [5.74, 6) is -0.265. The largest absolute Gasteiger partial charge is 0.475 e. The molecule has 0 bridgehead atoms. The number of nitrogens with one attached hydrogen (secondary N) is 2. The number of urea groups is 1. The van der Waals surface area contributed by atoms with Gasteiger partial charge in [-0.05, 0) is 74.2 Å². The average Bonchev–Trinajstić information content (AvgIpc) is 2.84. The fraction of sp³-hybridized carbons (Fsp3) is 0.308. The maximum Gasteiger partial charge on any atom is 0.319 e. The Balaban J connectivity index is 1.91. The molecule has 3 aromatic rings. The van der Waals surface area contributed by atoms with E-state index in [9.17, 15) is 9.18 Å². The zero-order valence-electron chi connectivity index (χ0n) is 19.9. The lowest BCUT2D eigenvalue weighted by atomic mass is 9.92. The highest BCUT2D eigenvalue weighted by atomic mass is 19.1. The summed E-state index contributed by atoms with van der Waals surface area (Å²) in [5, 5.41) is 23.5. The minimum absolute atomic E-state index is 0.0164. The summed E-state index contributed by atoms with van der Waals surface area (Å²) >= 11 is 0. The fourth-order valence-corrected chi connectivity index (χ4v) is 3.35. The topological polar surface area (TPSA) is 120 Å². The first-order valence-electron chi connectivity index (χ1n) is 11.1. The molecule has 0 aliphatic heterocycles. The summed E-state index contributed by atoms with van der Waals surface area (Å²) in [6.45, 7) is 5.52. The zero-order chi connectivity index (χ0) is 25.4. The van der Waals surface area contributed by atoms with E-state index >= 15 is 0 Å². The number of nitrogens with zero attached hydrogens (tertiary/aromatic N) is 3. The van der Waals surface area contributed by atoms with Gasteiger partial charge in [-0.3, -0.25) is 4.98 Å². The van der Waals surface area contributed by atoms with Crippen LogP contribution in [0.25, 0.3) is 22.4 Å². The highest BCUT2D eigenvalue weighted by Crippen LogP contribution is 2.33. The van der Waals surface area contributed by atoms with Gasteiger partial charge in [-0.15, -0.1) is 0 Å². The molecule has 182 valence electrons. The second kappa shape index (κ2) is 11.4. The van der Waals surface area contributed by atoms with Gasteiger partial charge in [-0.1, -0.05) is 0 Å². The summed E-state index contributed by atoms with van der Waals surface area (Å²) < 4.78 is 20.3. The second-order valence-corrected chi connectivity index (χ2v) is 8.66. The number of anilines is 1. The van der Waals surface area contributed by atoms with Crippen LogP contribution in [-0.2, 0) is 0 Å². The Morgan fingerprint density at radius 1 is 1.20 bits per heavy atom. The number of aliphatic hydroxyl groups excluding tert-OH is 1. The first-order chi connectivity index (χ1) is 16.7. The molecule has 0 fully saturated rings. The number of rotatable bonds is 9. The summed E-state index contributed by atoms with van der Waals surface area (Å²) in [5.41, 5.74) is 2.92. The predicted octanol–water partition coefficient (Wildman–Crippen LogP) is 4.69. The van der Waals surface area contributed by atoms with Crippen LogP contribution in [0.15, 0.2) is 48.8 Å². The number of nitriles is 1. The van der Waals surface area contributed by atoms with Crippen LogP contribution in [-0.4, -0.2) is 40.9 Å². The minimum Gasteiger partial charge on any atom is -0.475 e. The van der Waals surface area contributed by atoms with Crippen molar-refractivity contribution in [1.29, 1.82) is 5.26 Å². The van der Waals surface area contributed by atoms with Gasteiger partial charge >= 0.3 is 6.03 Å². The molecule has 3 N–H and O–H groups in total. The molecule has 0 radical (unpaired) electrons. The van der Waals surface area contributed by atoms with Crippen LogP contribution in [0.4, 0.5) is 14.9 Å². The average molecular weight is 478 g/mol. The highest BCUT2D eigenvalue weighted by molar-refractivity contribution is 5.90. The molecule has 0 aliphatic rings. The summed E-state index contributed by atoms with van der Waals surface area (Å²) in [7, 11) is 0. The van der Waals surface area contributed by atoms with Gasteiger partial charge in [0.15, 0.2) is 0 Å². The number of carbonyl (C=O) groups excluding carboxylic acids is 1. The zero-order valence-corrected chi connectivity index (χ0v) is 19.9. The number of carbonyl (C=O) groups is 1. The molecule has 1 aromatic carbocycles. The van der Waals surface area contributed by atoms with E-state index in [1.165, 1.54) is 6.07 Å². The normalized spacial score (nSPS) is 11.0. The molecule has 2 amide bonds. The molecule has 0 saturated carbocycles. The van der Waals surface area contributed by atoms with Gasteiger partial charge in [0.25, 0.3) is 0 Å². The van der Waals surface area contributed by atoms with Crippen LogP contribution in [0.1, 0.15) is 25.8 Å². The number of aryl methyl sites for hydroxylation is 1. The second-order valence-electron chi connectivity index (χ2n) is 8.66. The van der Waals surface area contributed by atoms with Crippen LogP contribution < -0.4 is 15.4 Å². The highest BCUT2D eigenvalue weighted by Gasteiger charge is 2.18. The molecule has 35 heavy (non-hydrogen) atoms. The van der Waals surface area contributed by atoms with Gasteiger partial charge in [0, 0.05) is 30.6 Å². The summed E-state index contributed by atoms with van der Waals surface area (Å²) in [4.78, 5) is 20.9. The van der Waals surface area contributed by atoms with E-state index in [0.717, 1.165) is 5.56 Å². The van der Waals surface area contributed by atoms with Crippen LogP contribution in [0, 0.1) is 29.5 Å². The fourth-order valence-electron chi connectivity index (χ4n) is 3.35. The third-order valence-electron chi connectivity index (χ3n) is 5.33. The lowest BCUT2D eigenvalue weighted by Gasteiger charge is -2.16. The Labute approximate surface area is 203 Å². The van der Waals surface area contributed by atoms with E-state index in [1.54, 1.807) is 45.3 Å². The smallest absolute Gasteiger partial charge is 0.319 e. The number of aliphatic hydroxyl groups is 1. The molecule has 0 unspecified atom stereocenters. The number of ether oxygens (including phenoxy) is 1. The molecule has 0 atom stereocenters. The first kappa shape index (κ1) is 25.6. The van der Waals surface area contributed by atoms with Crippen LogP contribution >= 0.6 is 0 Å². The summed E-state index contributed by atoms with van der Waals surface area (Å²) in [6.07, 6.45) is 3.77. The molecule has 2 aromatic heterocycles. The third-order valence-corrected chi connectivity index (χ3v) is 5.33. The summed E-state index contributed by atoms with van der Waals surface area (Å²) in [6, 6.07) is 11.7. The Bertz CT molecular complexity index is 1230. The molecule has 2 heterocycles. The molecular weight excluding hydrogens is 449 g/mol.